The number of hydrogen-bond donors (Lipinski definition) is 1. The fraction of sp³-hybridized carbons (Fsp3) is 0.417. The van der Waals surface area contributed by atoms with Crippen LogP contribution in [0.2, 0.25) is 5.02 Å². The number of carbonyl (C=O) groups is 1. The third kappa shape index (κ3) is 4.66. The summed E-state index contributed by atoms with van der Waals surface area (Å²) in [6.07, 6.45) is 0. The van der Waals surface area contributed by atoms with Crippen molar-refractivity contribution in [2.24, 2.45) is 0 Å². The van der Waals surface area contributed by atoms with E-state index < -0.39 is 16.0 Å². The molecule has 0 bridgehead atoms. The Kier molecular flexibility index (Phi) is 5.79. The Labute approximate surface area is 123 Å². The summed E-state index contributed by atoms with van der Waals surface area (Å²) >= 11 is 5.93. The van der Waals surface area contributed by atoms with Crippen molar-refractivity contribution in [3.63, 3.8) is 0 Å². The average Bonchev–Trinajstić information content (AvgIpc) is 2.35. The molecule has 0 unspecified atom stereocenters. The van der Waals surface area contributed by atoms with Crippen molar-refractivity contribution >= 4 is 27.6 Å². The van der Waals surface area contributed by atoms with Crippen LogP contribution in [0.15, 0.2) is 23.1 Å². The second-order valence-corrected chi connectivity index (χ2v) is 6.35. The van der Waals surface area contributed by atoms with E-state index in [2.05, 4.69) is 9.46 Å². The molecule has 0 atom stereocenters. The first-order chi connectivity index (χ1) is 9.26. The maximum absolute atomic E-state index is 11.9. The summed E-state index contributed by atoms with van der Waals surface area (Å²) in [6.45, 7) is 3.13. The molecule has 0 aromatic heterocycles. The Hall–Kier alpha value is -1.31. The highest BCUT2D eigenvalue weighted by atomic mass is 35.5. The zero-order chi connectivity index (χ0) is 15.3. The van der Waals surface area contributed by atoms with Crippen LogP contribution in [0.1, 0.15) is 13.8 Å². The first-order valence-corrected chi connectivity index (χ1v) is 7.64. The van der Waals surface area contributed by atoms with Gasteiger partial charge in [0.25, 0.3) is 0 Å². The normalized spacial score (nSPS) is 11.4. The number of methoxy groups -OCH3 is 1. The monoisotopic (exact) mass is 321 g/mol. The summed E-state index contributed by atoms with van der Waals surface area (Å²) in [5.74, 6) is -0.347. The third-order valence-electron chi connectivity index (χ3n) is 2.18. The van der Waals surface area contributed by atoms with Crippen LogP contribution in [-0.2, 0) is 19.6 Å². The van der Waals surface area contributed by atoms with Gasteiger partial charge in [-0.3, -0.25) is 0 Å². The Bertz CT molecular complexity index is 586. The van der Waals surface area contributed by atoms with E-state index in [9.17, 15) is 13.2 Å². The minimum absolute atomic E-state index is 0.0293. The van der Waals surface area contributed by atoms with E-state index in [0.29, 0.717) is 0 Å². The minimum atomic E-state index is -3.62. The zero-order valence-electron chi connectivity index (χ0n) is 11.3. The molecule has 0 amide bonds. The number of hydrogen-bond acceptors (Lipinski definition) is 5. The van der Waals surface area contributed by atoms with Crippen molar-refractivity contribution in [2.75, 3.05) is 13.7 Å². The van der Waals surface area contributed by atoms with E-state index in [1.54, 1.807) is 13.8 Å². The van der Waals surface area contributed by atoms with Crippen LogP contribution in [0.25, 0.3) is 0 Å². The molecule has 1 aromatic rings. The van der Waals surface area contributed by atoms with Crippen molar-refractivity contribution in [3.05, 3.63) is 23.2 Å². The third-order valence-corrected chi connectivity index (χ3v) is 4.13. The van der Waals surface area contributed by atoms with Crippen molar-refractivity contribution < 1.29 is 22.7 Å². The zero-order valence-corrected chi connectivity index (χ0v) is 12.9. The average molecular weight is 322 g/mol. The number of rotatable bonds is 6. The van der Waals surface area contributed by atoms with Gasteiger partial charge in [-0.25, -0.2) is 17.9 Å². The second kappa shape index (κ2) is 6.92. The van der Waals surface area contributed by atoms with Crippen LogP contribution in [0, 0.1) is 0 Å². The number of nitrogens with one attached hydrogen (secondary N) is 1. The summed E-state index contributed by atoms with van der Waals surface area (Å²) in [5.41, 5.74) is 0. The van der Waals surface area contributed by atoms with E-state index in [4.69, 9.17) is 16.3 Å². The summed E-state index contributed by atoms with van der Waals surface area (Å²) < 4.78 is 35.8. The first kappa shape index (κ1) is 16.7. The molecule has 1 N–H and O–H groups in total. The van der Waals surface area contributed by atoms with Gasteiger partial charge in [-0.2, -0.15) is 0 Å². The molecular weight excluding hydrogens is 306 g/mol. The summed E-state index contributed by atoms with van der Waals surface area (Å²) in [6, 6.07) is 3.77. The lowest BCUT2D eigenvalue weighted by molar-refractivity contribution is -0.142. The van der Waals surface area contributed by atoms with Gasteiger partial charge in [0.05, 0.1) is 17.0 Å². The summed E-state index contributed by atoms with van der Waals surface area (Å²) in [7, 11) is -2.38. The van der Waals surface area contributed by atoms with Crippen molar-refractivity contribution in [2.45, 2.75) is 24.8 Å². The molecular formula is C12H16ClNO5S. The van der Waals surface area contributed by atoms with Gasteiger partial charge in [-0.15, -0.1) is 0 Å². The largest absolute Gasteiger partial charge is 0.480 e. The lowest BCUT2D eigenvalue weighted by Gasteiger charge is -2.11. The first-order valence-electron chi connectivity index (χ1n) is 5.77. The second-order valence-electron chi connectivity index (χ2n) is 4.23. The Morgan fingerprint density at radius 1 is 1.40 bits per heavy atom. The molecule has 0 spiro atoms. The molecule has 20 heavy (non-hydrogen) atoms. The molecule has 0 aliphatic rings. The molecule has 6 nitrogen and oxygen atoms in total. The maximum atomic E-state index is 11.9. The molecule has 0 aliphatic carbocycles. The highest BCUT2D eigenvalue weighted by Gasteiger charge is 2.17. The van der Waals surface area contributed by atoms with Gasteiger partial charge >= 0.3 is 5.97 Å². The van der Waals surface area contributed by atoms with E-state index >= 15 is 0 Å². The van der Waals surface area contributed by atoms with Crippen molar-refractivity contribution in [3.8, 4) is 5.75 Å². The van der Waals surface area contributed by atoms with Gasteiger partial charge in [0.15, 0.2) is 6.61 Å². The number of sulfonamides is 1. The van der Waals surface area contributed by atoms with E-state index in [1.165, 1.54) is 25.3 Å². The van der Waals surface area contributed by atoms with Gasteiger partial charge in [0.2, 0.25) is 10.0 Å². The van der Waals surface area contributed by atoms with Gasteiger partial charge in [-0.05, 0) is 32.0 Å². The number of benzene rings is 1. The molecule has 0 fully saturated rings. The van der Waals surface area contributed by atoms with Gasteiger partial charge < -0.3 is 9.47 Å². The molecule has 8 heteroatoms. The van der Waals surface area contributed by atoms with Crippen LogP contribution >= 0.6 is 11.6 Å². The molecule has 0 saturated carbocycles. The molecule has 0 heterocycles. The highest BCUT2D eigenvalue weighted by Crippen LogP contribution is 2.27. The van der Waals surface area contributed by atoms with E-state index in [1.807, 2.05) is 0 Å². The SMILES string of the molecule is COC(=O)COc1ccc(S(=O)(=O)NC(C)C)cc1Cl. The van der Waals surface area contributed by atoms with Crippen molar-refractivity contribution in [1.29, 1.82) is 0 Å². The Morgan fingerprint density at radius 2 is 2.05 bits per heavy atom. The lowest BCUT2D eigenvalue weighted by atomic mass is 10.3. The number of ether oxygens (including phenoxy) is 2. The van der Waals surface area contributed by atoms with Crippen LogP contribution in [-0.4, -0.2) is 34.1 Å². The van der Waals surface area contributed by atoms with Crippen LogP contribution in [0.3, 0.4) is 0 Å². The fourth-order valence-electron chi connectivity index (χ4n) is 1.34. The summed E-state index contributed by atoms with van der Waals surface area (Å²) in [5, 5.41) is 0.0977. The lowest BCUT2D eigenvalue weighted by Crippen LogP contribution is -2.30. The maximum Gasteiger partial charge on any atom is 0.343 e. The Morgan fingerprint density at radius 3 is 2.55 bits per heavy atom. The summed E-state index contributed by atoms with van der Waals surface area (Å²) in [4.78, 5) is 11.0. The van der Waals surface area contributed by atoms with E-state index in [-0.39, 0.29) is 28.3 Å². The topological polar surface area (TPSA) is 81.7 Å². The molecule has 1 aromatic carbocycles. The van der Waals surface area contributed by atoms with Crippen LogP contribution in [0.4, 0.5) is 0 Å². The van der Waals surface area contributed by atoms with E-state index in [0.717, 1.165) is 0 Å². The minimum Gasteiger partial charge on any atom is -0.480 e. The standard InChI is InChI=1S/C12H16ClNO5S/c1-8(2)14-20(16,17)9-4-5-11(10(13)6-9)19-7-12(15)18-3/h4-6,8,14H,7H2,1-3H3. The van der Waals surface area contributed by atoms with Gasteiger partial charge in [0, 0.05) is 6.04 Å². The highest BCUT2D eigenvalue weighted by molar-refractivity contribution is 7.89. The number of esters is 1. The van der Waals surface area contributed by atoms with Crippen LogP contribution < -0.4 is 9.46 Å². The van der Waals surface area contributed by atoms with Crippen molar-refractivity contribution in [1.82, 2.24) is 4.72 Å². The number of carbonyl (C=O) groups excluding carboxylic acids is 1. The fourth-order valence-corrected chi connectivity index (χ4v) is 2.92. The molecule has 0 radical (unpaired) electrons. The van der Waals surface area contributed by atoms with Crippen LogP contribution in [0.5, 0.6) is 5.75 Å². The predicted octanol–water partition coefficient (Wildman–Crippen LogP) is 1.58. The predicted molar refractivity (Wildman–Crippen MR) is 74.4 cm³/mol. The molecule has 0 saturated heterocycles. The van der Waals surface area contributed by atoms with Gasteiger partial charge in [-0.1, -0.05) is 11.6 Å². The molecule has 1 rings (SSSR count). The smallest absolute Gasteiger partial charge is 0.343 e. The van der Waals surface area contributed by atoms with Gasteiger partial charge in [0.1, 0.15) is 5.75 Å². The molecule has 112 valence electrons. The quantitative estimate of drug-likeness (QED) is 0.804. The molecule has 0 aliphatic heterocycles. The Balaban J connectivity index is 2.90. The number of halogens is 1.